The van der Waals surface area contributed by atoms with Gasteiger partial charge in [-0.05, 0) is 37.6 Å². The van der Waals surface area contributed by atoms with E-state index in [0.717, 1.165) is 42.5 Å². The number of phenols is 1. The van der Waals surface area contributed by atoms with Crippen LogP contribution in [0.2, 0.25) is 0 Å². The lowest BCUT2D eigenvalue weighted by atomic mass is 10.1. The van der Waals surface area contributed by atoms with E-state index in [-0.39, 0.29) is 17.0 Å². The molecular formula is C18H20N4O4. The number of benzene rings is 2. The maximum atomic E-state index is 12.0. The highest BCUT2D eigenvalue weighted by Gasteiger charge is 2.16. The van der Waals surface area contributed by atoms with Gasteiger partial charge < -0.3 is 10.0 Å². The Morgan fingerprint density at radius 3 is 2.46 bits per heavy atom. The average molecular weight is 356 g/mol. The van der Waals surface area contributed by atoms with Crippen molar-refractivity contribution in [1.29, 1.82) is 0 Å². The summed E-state index contributed by atoms with van der Waals surface area (Å²) in [6.45, 7) is 5.98. The minimum atomic E-state index is -0.734. The molecule has 0 bridgehead atoms. The number of hydrogen-bond donors (Lipinski definition) is 2. The van der Waals surface area contributed by atoms with Crippen molar-refractivity contribution in [1.82, 2.24) is 5.43 Å². The molecule has 0 saturated heterocycles. The maximum absolute atomic E-state index is 12.0. The molecule has 0 heterocycles. The number of carbonyl (C=O) groups is 1. The molecule has 1 amide bonds. The zero-order valence-corrected chi connectivity index (χ0v) is 14.5. The number of nitro groups is 1. The van der Waals surface area contributed by atoms with Gasteiger partial charge in [-0.1, -0.05) is 12.1 Å². The molecule has 2 rings (SSSR count). The van der Waals surface area contributed by atoms with Gasteiger partial charge in [0.1, 0.15) is 5.75 Å². The summed E-state index contributed by atoms with van der Waals surface area (Å²) >= 11 is 0. The van der Waals surface area contributed by atoms with Gasteiger partial charge in [0.25, 0.3) is 11.6 Å². The number of phenolic OH excluding ortho intramolecular Hbond substituents is 1. The standard InChI is InChI=1S/C18H20N4O4/c1-3-21(4-2)14-7-5-13(6-8-14)12-19-20-18(24)16-11-15(22(25)26)9-10-17(16)23/h5-12,23H,3-4H2,1-2H3,(H,20,24)/b19-12-. The first-order chi connectivity index (χ1) is 12.5. The van der Waals surface area contributed by atoms with Gasteiger partial charge in [-0.3, -0.25) is 14.9 Å². The summed E-state index contributed by atoms with van der Waals surface area (Å²) in [5, 5.41) is 24.3. The third-order valence-corrected chi connectivity index (χ3v) is 3.84. The highest BCUT2D eigenvalue weighted by molar-refractivity contribution is 5.98. The van der Waals surface area contributed by atoms with Crippen LogP contribution in [-0.4, -0.2) is 35.2 Å². The van der Waals surface area contributed by atoms with Crippen molar-refractivity contribution in [2.24, 2.45) is 5.10 Å². The van der Waals surface area contributed by atoms with Crippen LogP contribution in [0, 0.1) is 10.1 Å². The zero-order chi connectivity index (χ0) is 19.1. The van der Waals surface area contributed by atoms with Gasteiger partial charge in [-0.25, -0.2) is 5.43 Å². The minimum absolute atomic E-state index is 0.215. The van der Waals surface area contributed by atoms with Crippen molar-refractivity contribution < 1.29 is 14.8 Å². The molecule has 0 aliphatic carbocycles. The quantitative estimate of drug-likeness (QED) is 0.450. The van der Waals surface area contributed by atoms with Gasteiger partial charge in [0, 0.05) is 30.9 Å². The van der Waals surface area contributed by atoms with Gasteiger partial charge in [0.05, 0.1) is 16.7 Å². The Morgan fingerprint density at radius 1 is 1.23 bits per heavy atom. The molecule has 0 aliphatic rings. The highest BCUT2D eigenvalue weighted by Crippen LogP contribution is 2.22. The van der Waals surface area contributed by atoms with Gasteiger partial charge in [0.15, 0.2) is 0 Å². The predicted molar refractivity (Wildman–Crippen MR) is 99.8 cm³/mol. The first-order valence-electron chi connectivity index (χ1n) is 8.12. The summed E-state index contributed by atoms with van der Waals surface area (Å²) in [6, 6.07) is 10.9. The van der Waals surface area contributed by atoms with Gasteiger partial charge in [-0.15, -0.1) is 0 Å². The predicted octanol–water partition coefficient (Wildman–Crippen LogP) is 2.91. The number of nitro benzene ring substituents is 1. The number of aromatic hydroxyl groups is 1. The number of hydrogen-bond acceptors (Lipinski definition) is 6. The fraction of sp³-hybridized carbons (Fsp3) is 0.222. The van der Waals surface area contributed by atoms with Crippen LogP contribution in [0.1, 0.15) is 29.8 Å². The lowest BCUT2D eigenvalue weighted by molar-refractivity contribution is -0.384. The molecule has 8 nitrogen and oxygen atoms in total. The van der Waals surface area contributed by atoms with E-state index in [4.69, 9.17) is 0 Å². The van der Waals surface area contributed by atoms with E-state index in [9.17, 15) is 20.0 Å². The second-order valence-electron chi connectivity index (χ2n) is 5.42. The SMILES string of the molecule is CCN(CC)c1ccc(/C=N\NC(=O)c2cc([N+](=O)[O-])ccc2O)cc1. The van der Waals surface area contributed by atoms with Gasteiger partial charge >= 0.3 is 0 Å². The molecule has 2 N–H and O–H groups in total. The average Bonchev–Trinajstić information content (AvgIpc) is 2.64. The monoisotopic (exact) mass is 356 g/mol. The molecule has 0 aliphatic heterocycles. The second-order valence-corrected chi connectivity index (χ2v) is 5.42. The summed E-state index contributed by atoms with van der Waals surface area (Å²) in [7, 11) is 0. The molecule has 0 fully saturated rings. The van der Waals surface area contributed by atoms with Crippen LogP contribution in [0.5, 0.6) is 5.75 Å². The Kier molecular flexibility index (Phi) is 6.26. The first-order valence-corrected chi connectivity index (χ1v) is 8.12. The van der Waals surface area contributed by atoms with Gasteiger partial charge in [0.2, 0.25) is 0 Å². The summed E-state index contributed by atoms with van der Waals surface area (Å²) < 4.78 is 0. The Balaban J connectivity index is 2.05. The first kappa shape index (κ1) is 18.9. The third kappa shape index (κ3) is 4.56. The van der Waals surface area contributed by atoms with E-state index in [0.29, 0.717) is 0 Å². The van der Waals surface area contributed by atoms with Crippen LogP contribution in [-0.2, 0) is 0 Å². The van der Waals surface area contributed by atoms with Gasteiger partial charge in [-0.2, -0.15) is 5.10 Å². The van der Waals surface area contributed by atoms with E-state index >= 15 is 0 Å². The largest absolute Gasteiger partial charge is 0.507 e. The van der Waals surface area contributed by atoms with Crippen LogP contribution in [0.25, 0.3) is 0 Å². The van der Waals surface area contributed by atoms with Crippen molar-refractivity contribution in [2.45, 2.75) is 13.8 Å². The summed E-state index contributed by atoms with van der Waals surface area (Å²) in [5.41, 5.74) is 3.63. The van der Waals surface area contributed by atoms with Crippen molar-refractivity contribution in [3.8, 4) is 5.75 Å². The van der Waals surface area contributed by atoms with Crippen LogP contribution < -0.4 is 10.3 Å². The topological polar surface area (TPSA) is 108 Å². The molecule has 2 aromatic rings. The van der Waals surface area contributed by atoms with E-state index in [1.54, 1.807) is 0 Å². The molecule has 0 saturated carbocycles. The smallest absolute Gasteiger partial charge is 0.275 e. The lowest BCUT2D eigenvalue weighted by Crippen LogP contribution is -2.21. The zero-order valence-electron chi connectivity index (χ0n) is 14.5. The fourth-order valence-electron chi connectivity index (χ4n) is 2.41. The number of anilines is 1. The second kappa shape index (κ2) is 8.61. The summed E-state index contributed by atoms with van der Waals surface area (Å²) in [4.78, 5) is 24.4. The van der Waals surface area contributed by atoms with Crippen molar-refractivity contribution in [2.75, 3.05) is 18.0 Å². The van der Waals surface area contributed by atoms with E-state index < -0.39 is 10.8 Å². The number of amides is 1. The lowest BCUT2D eigenvalue weighted by Gasteiger charge is -2.20. The number of nitrogens with zero attached hydrogens (tertiary/aromatic N) is 3. The summed E-state index contributed by atoms with van der Waals surface area (Å²) in [5.74, 6) is -1.09. The van der Waals surface area contributed by atoms with E-state index in [2.05, 4.69) is 29.3 Å². The number of carbonyl (C=O) groups excluding carboxylic acids is 1. The fourth-order valence-corrected chi connectivity index (χ4v) is 2.41. The molecule has 26 heavy (non-hydrogen) atoms. The highest BCUT2D eigenvalue weighted by atomic mass is 16.6. The Hall–Kier alpha value is -3.42. The van der Waals surface area contributed by atoms with Crippen LogP contribution in [0.3, 0.4) is 0 Å². The van der Waals surface area contributed by atoms with Crippen molar-refractivity contribution in [3.63, 3.8) is 0 Å². The molecule has 0 spiro atoms. The molecular weight excluding hydrogens is 336 g/mol. The Morgan fingerprint density at radius 2 is 1.88 bits per heavy atom. The number of nitrogens with one attached hydrogen (secondary N) is 1. The van der Waals surface area contributed by atoms with Crippen molar-refractivity contribution >= 4 is 23.5 Å². The number of rotatable bonds is 7. The molecule has 136 valence electrons. The van der Waals surface area contributed by atoms with Crippen LogP contribution >= 0.6 is 0 Å². The van der Waals surface area contributed by atoms with Crippen molar-refractivity contribution in [3.05, 3.63) is 63.7 Å². The molecule has 8 heteroatoms. The van der Waals surface area contributed by atoms with E-state index in [1.807, 2.05) is 24.3 Å². The molecule has 0 unspecified atom stereocenters. The number of non-ortho nitro benzene ring substituents is 1. The maximum Gasteiger partial charge on any atom is 0.275 e. The van der Waals surface area contributed by atoms with Crippen LogP contribution in [0.4, 0.5) is 11.4 Å². The Labute approximate surface area is 150 Å². The van der Waals surface area contributed by atoms with Crippen LogP contribution in [0.15, 0.2) is 47.6 Å². The Bertz CT molecular complexity index is 814. The molecule has 0 aromatic heterocycles. The molecule has 2 aromatic carbocycles. The molecule has 0 atom stereocenters. The number of hydrazone groups is 1. The van der Waals surface area contributed by atoms with E-state index in [1.165, 1.54) is 6.21 Å². The minimum Gasteiger partial charge on any atom is -0.507 e. The summed E-state index contributed by atoms with van der Waals surface area (Å²) in [6.07, 6.45) is 1.46. The molecule has 0 radical (unpaired) electrons. The normalized spacial score (nSPS) is 10.7. The third-order valence-electron chi connectivity index (χ3n) is 3.84.